The fourth-order valence-electron chi connectivity index (χ4n) is 5.76. The first-order valence-electron chi connectivity index (χ1n) is 13.8. The second-order valence-corrected chi connectivity index (χ2v) is 10.7. The van der Waals surface area contributed by atoms with Crippen LogP contribution in [0.5, 0.6) is 0 Å². The zero-order valence-electron chi connectivity index (χ0n) is 22.7. The van der Waals surface area contributed by atoms with Crippen LogP contribution in [0.25, 0.3) is 0 Å². The molecule has 5 atom stereocenters. The summed E-state index contributed by atoms with van der Waals surface area (Å²) in [7, 11) is 1.71. The number of rotatable bonds is 8. The minimum atomic E-state index is -1.02. The Hall–Kier alpha value is -3.63. The fourth-order valence-corrected chi connectivity index (χ4v) is 5.76. The maximum absolute atomic E-state index is 13.6. The van der Waals surface area contributed by atoms with Crippen molar-refractivity contribution < 1.29 is 19.2 Å². The molecule has 2 aromatic rings. The Morgan fingerprint density at radius 2 is 1.69 bits per heavy atom. The SMILES string of the molecule is CC1CC(C(=O)N[C@@H](CC(=O)N2CCC[C@@H]2c2ccccc2)C(=O)N[C@@H](C)C2Nc3ccccc3N2)N(C)O1. The number of likely N-dealkylation sites (N-methyl/N-ethyl adjacent to an activating group) is 1. The van der Waals surface area contributed by atoms with Crippen molar-refractivity contribution in [3.63, 3.8) is 0 Å². The van der Waals surface area contributed by atoms with Gasteiger partial charge in [0.05, 0.1) is 36.0 Å². The van der Waals surface area contributed by atoms with E-state index in [1.807, 2.05) is 73.3 Å². The number of fused-ring (bicyclic) bond motifs is 1. The number of nitrogens with one attached hydrogen (secondary N) is 4. The van der Waals surface area contributed by atoms with Crippen molar-refractivity contribution in [1.82, 2.24) is 20.6 Å². The number of hydrogen-bond donors (Lipinski definition) is 4. The highest BCUT2D eigenvalue weighted by Crippen LogP contribution is 2.33. The van der Waals surface area contributed by atoms with Gasteiger partial charge >= 0.3 is 0 Å². The molecule has 0 aromatic heterocycles. The highest BCUT2D eigenvalue weighted by Gasteiger charge is 2.38. The van der Waals surface area contributed by atoms with E-state index in [2.05, 4.69) is 21.3 Å². The van der Waals surface area contributed by atoms with Crippen molar-refractivity contribution in [2.75, 3.05) is 24.2 Å². The summed E-state index contributed by atoms with van der Waals surface area (Å²) in [6.45, 7) is 4.42. The van der Waals surface area contributed by atoms with Crippen molar-refractivity contribution >= 4 is 29.1 Å². The van der Waals surface area contributed by atoms with Crippen LogP contribution in [0.2, 0.25) is 0 Å². The molecule has 2 saturated heterocycles. The third-order valence-corrected chi connectivity index (χ3v) is 7.83. The lowest BCUT2D eigenvalue weighted by molar-refractivity contribution is -0.155. The highest BCUT2D eigenvalue weighted by atomic mass is 16.7. The number of para-hydroxylation sites is 2. The molecule has 0 spiro atoms. The van der Waals surface area contributed by atoms with E-state index in [1.54, 1.807) is 7.05 Å². The van der Waals surface area contributed by atoms with Gasteiger partial charge in [0.2, 0.25) is 17.7 Å². The Balaban J connectivity index is 1.28. The van der Waals surface area contributed by atoms with Gasteiger partial charge in [0.25, 0.3) is 0 Å². The van der Waals surface area contributed by atoms with Crippen LogP contribution in [0.1, 0.15) is 51.1 Å². The standard InChI is InChI=1S/C29H38N6O4/c1-18-16-25(34(3)39-18)29(38)33-23(17-26(36)35-15-9-14-24(35)20-10-5-4-6-11-20)28(37)30-19(2)27-31-21-12-7-8-13-22(21)32-27/h4-8,10-13,18-19,23-25,27,31-32H,9,14-17H2,1-3H3,(H,30,37)(H,33,38)/t18?,19-,23-,24+,25?/m0/s1. The molecule has 0 bridgehead atoms. The average Bonchev–Trinajstić information content (AvgIpc) is 3.66. The second kappa shape index (κ2) is 11.6. The Kier molecular flexibility index (Phi) is 8.04. The number of hydroxylamine groups is 2. The minimum absolute atomic E-state index is 0.0300. The van der Waals surface area contributed by atoms with Gasteiger partial charge in [-0.15, -0.1) is 0 Å². The molecule has 3 aliphatic heterocycles. The third-order valence-electron chi connectivity index (χ3n) is 7.83. The first-order chi connectivity index (χ1) is 18.8. The van der Waals surface area contributed by atoms with Crippen molar-refractivity contribution in [1.29, 1.82) is 0 Å². The zero-order valence-corrected chi connectivity index (χ0v) is 22.7. The third kappa shape index (κ3) is 6.02. The van der Waals surface area contributed by atoms with E-state index >= 15 is 0 Å². The summed E-state index contributed by atoms with van der Waals surface area (Å²) < 4.78 is 0. The van der Waals surface area contributed by atoms with Crippen LogP contribution >= 0.6 is 0 Å². The van der Waals surface area contributed by atoms with Crippen LogP contribution in [-0.4, -0.2) is 71.7 Å². The largest absolute Gasteiger partial charge is 0.362 e. The zero-order chi connectivity index (χ0) is 27.5. The summed E-state index contributed by atoms with van der Waals surface area (Å²) >= 11 is 0. The molecule has 10 nitrogen and oxygen atoms in total. The molecule has 4 N–H and O–H groups in total. The van der Waals surface area contributed by atoms with Crippen molar-refractivity contribution in [2.45, 2.75) is 76.0 Å². The van der Waals surface area contributed by atoms with Crippen LogP contribution in [0, 0.1) is 0 Å². The minimum Gasteiger partial charge on any atom is -0.362 e. The quantitative estimate of drug-likeness (QED) is 0.412. The van der Waals surface area contributed by atoms with Crippen LogP contribution in [0.4, 0.5) is 11.4 Å². The molecule has 39 heavy (non-hydrogen) atoms. The van der Waals surface area contributed by atoms with E-state index in [0.29, 0.717) is 13.0 Å². The van der Waals surface area contributed by atoms with E-state index in [1.165, 1.54) is 5.06 Å². The van der Waals surface area contributed by atoms with Crippen LogP contribution < -0.4 is 21.3 Å². The lowest BCUT2D eigenvalue weighted by Gasteiger charge is -2.29. The molecule has 3 aliphatic rings. The van der Waals surface area contributed by atoms with Gasteiger partial charge in [0, 0.05) is 20.0 Å². The smallest absolute Gasteiger partial charge is 0.243 e. The van der Waals surface area contributed by atoms with Gasteiger partial charge < -0.3 is 26.2 Å². The summed E-state index contributed by atoms with van der Waals surface area (Å²) in [6, 6.07) is 15.9. The highest BCUT2D eigenvalue weighted by molar-refractivity contribution is 5.93. The fraction of sp³-hybridized carbons (Fsp3) is 0.483. The number of carbonyl (C=O) groups excluding carboxylic acids is 3. The Morgan fingerprint density at radius 1 is 1.03 bits per heavy atom. The number of nitrogens with zero attached hydrogens (tertiary/aromatic N) is 2. The second-order valence-electron chi connectivity index (χ2n) is 10.7. The summed E-state index contributed by atoms with van der Waals surface area (Å²) in [6.07, 6.45) is 1.83. The lowest BCUT2D eigenvalue weighted by atomic mass is 10.0. The maximum atomic E-state index is 13.6. The summed E-state index contributed by atoms with van der Waals surface area (Å²) in [5.74, 6) is -0.870. The van der Waals surface area contributed by atoms with E-state index in [4.69, 9.17) is 4.84 Å². The number of carbonyl (C=O) groups is 3. The van der Waals surface area contributed by atoms with E-state index in [0.717, 1.165) is 29.8 Å². The number of likely N-dealkylation sites (tertiary alicyclic amines) is 1. The summed E-state index contributed by atoms with van der Waals surface area (Å²) in [4.78, 5) is 47.9. The van der Waals surface area contributed by atoms with E-state index in [-0.39, 0.29) is 42.6 Å². The maximum Gasteiger partial charge on any atom is 0.243 e. The van der Waals surface area contributed by atoms with Gasteiger partial charge in [0.1, 0.15) is 18.2 Å². The molecule has 0 aliphatic carbocycles. The molecular weight excluding hydrogens is 496 g/mol. The number of benzene rings is 2. The summed E-state index contributed by atoms with van der Waals surface area (Å²) in [5, 5.41) is 14.2. The number of hydrogen-bond acceptors (Lipinski definition) is 7. The molecule has 2 aromatic carbocycles. The van der Waals surface area contributed by atoms with Gasteiger partial charge in [-0.05, 0) is 44.4 Å². The van der Waals surface area contributed by atoms with Crippen molar-refractivity contribution in [3.8, 4) is 0 Å². The van der Waals surface area contributed by atoms with Crippen molar-refractivity contribution in [3.05, 3.63) is 60.2 Å². The predicted molar refractivity (Wildman–Crippen MR) is 148 cm³/mol. The van der Waals surface area contributed by atoms with E-state index < -0.39 is 18.0 Å². The normalized spacial score (nSPS) is 24.4. The number of amides is 3. The average molecular weight is 535 g/mol. The van der Waals surface area contributed by atoms with Gasteiger partial charge in [-0.1, -0.05) is 42.5 Å². The lowest BCUT2D eigenvalue weighted by Crippen LogP contribution is -2.56. The van der Waals surface area contributed by atoms with Crippen LogP contribution in [0.15, 0.2) is 54.6 Å². The van der Waals surface area contributed by atoms with E-state index in [9.17, 15) is 14.4 Å². The topological polar surface area (TPSA) is 115 Å². The molecule has 0 saturated carbocycles. The van der Waals surface area contributed by atoms with Crippen LogP contribution in [-0.2, 0) is 19.2 Å². The monoisotopic (exact) mass is 534 g/mol. The Morgan fingerprint density at radius 3 is 2.33 bits per heavy atom. The van der Waals surface area contributed by atoms with Crippen LogP contribution in [0.3, 0.4) is 0 Å². The van der Waals surface area contributed by atoms with Gasteiger partial charge in [-0.3, -0.25) is 19.2 Å². The van der Waals surface area contributed by atoms with Gasteiger partial charge in [0.15, 0.2) is 0 Å². The first kappa shape index (κ1) is 27.0. The molecule has 208 valence electrons. The predicted octanol–water partition coefficient (Wildman–Crippen LogP) is 2.62. The molecule has 2 fully saturated rings. The van der Waals surface area contributed by atoms with Crippen molar-refractivity contribution in [2.24, 2.45) is 0 Å². The molecule has 5 rings (SSSR count). The van der Waals surface area contributed by atoms with Gasteiger partial charge in [-0.25, -0.2) is 0 Å². The van der Waals surface area contributed by atoms with Gasteiger partial charge in [-0.2, -0.15) is 5.06 Å². The Labute approximate surface area is 229 Å². The molecule has 10 heteroatoms. The first-order valence-corrected chi connectivity index (χ1v) is 13.8. The summed E-state index contributed by atoms with van der Waals surface area (Å²) in [5.41, 5.74) is 3.00. The molecule has 3 amide bonds. The molecular formula is C29H38N6O4. The number of anilines is 2. The molecule has 2 unspecified atom stereocenters. The molecule has 3 heterocycles. The Bertz CT molecular complexity index is 1170. The molecule has 0 radical (unpaired) electrons.